The second kappa shape index (κ2) is 11.6. The molecule has 0 aromatic carbocycles. The summed E-state index contributed by atoms with van der Waals surface area (Å²) in [5, 5.41) is 0. The van der Waals surface area contributed by atoms with Gasteiger partial charge in [-0.3, -0.25) is 0 Å². The summed E-state index contributed by atoms with van der Waals surface area (Å²) in [4.78, 5) is 0. The Kier molecular flexibility index (Phi) is 16.0. The molecule has 0 aromatic heterocycles. The molecule has 0 aliphatic rings. The van der Waals surface area contributed by atoms with E-state index in [0.29, 0.717) is 0 Å². The summed E-state index contributed by atoms with van der Waals surface area (Å²) >= 11 is 2.27. The monoisotopic (exact) mass is 163 g/mol. The van der Waals surface area contributed by atoms with Crippen molar-refractivity contribution in [2.45, 2.75) is 32.6 Å². The average Bonchev–Trinajstić information content (AvgIpc) is 1.81. The molecule has 0 saturated heterocycles. The third-order valence-corrected chi connectivity index (χ3v) is 1.35. The van der Waals surface area contributed by atoms with Crippen LogP contribution >= 0.6 is 0 Å². The Balaban J connectivity index is 0. The fraction of sp³-hybridized carbons (Fsp3) is 1.00. The molecule has 53 valence electrons. The summed E-state index contributed by atoms with van der Waals surface area (Å²) in [6.07, 6.45) is 5.16. The van der Waals surface area contributed by atoms with E-state index in [2.05, 4.69) is 23.5 Å². The van der Waals surface area contributed by atoms with Gasteiger partial charge in [0.25, 0.3) is 0 Å². The molecule has 0 rings (SSSR count). The van der Waals surface area contributed by atoms with Gasteiger partial charge in [0.2, 0.25) is 0 Å². The summed E-state index contributed by atoms with van der Waals surface area (Å²) in [6.45, 7) is 3.10. The Hall–Kier alpha value is 0.782. The van der Waals surface area contributed by atoms with Crippen LogP contribution in [0.2, 0.25) is 0 Å². The zero-order valence-corrected chi connectivity index (χ0v) is 7.81. The third kappa shape index (κ3) is 12.1. The summed E-state index contributed by atoms with van der Waals surface area (Å²) in [5.41, 5.74) is 0. The topological polar surface area (TPSA) is 9.23 Å². The van der Waals surface area contributed by atoms with Crippen LogP contribution in [0, 0.1) is 0 Å². The van der Waals surface area contributed by atoms with Crippen molar-refractivity contribution in [3.05, 3.63) is 0 Å². The molecule has 0 unspecified atom stereocenters. The molecule has 0 aliphatic heterocycles. The summed E-state index contributed by atoms with van der Waals surface area (Å²) in [6, 6.07) is 0. The van der Waals surface area contributed by atoms with Gasteiger partial charge in [0.05, 0.1) is 0 Å². The molecule has 0 N–H and O–H groups in total. The molecular weight excluding hydrogens is 150 g/mol. The van der Waals surface area contributed by atoms with Crippen LogP contribution in [-0.2, 0) is 3.79 Å². The quantitative estimate of drug-likeness (QED) is 0.361. The second-order valence-corrected chi connectivity index (χ2v) is 2.26. The molecule has 0 atom stereocenters. The Morgan fingerprint density at radius 1 is 1.22 bits per heavy atom. The number of halogens is 1. The molecule has 0 saturated carbocycles. The van der Waals surface area contributed by atoms with Crippen molar-refractivity contribution in [3.8, 4) is 0 Å². The zero-order valence-electron chi connectivity index (χ0n) is 5.90. The molecule has 3 heteroatoms. The maximum absolute atomic E-state index is 4.81. The predicted octanol–water partition coefficient (Wildman–Crippen LogP) is -1.33. The zero-order chi connectivity index (χ0) is 6.24. The Morgan fingerprint density at radius 3 is 2.33 bits per heavy atom. The fourth-order valence-electron chi connectivity index (χ4n) is 0.612. The average molecular weight is 164 g/mol. The minimum absolute atomic E-state index is 0. The fourth-order valence-corrected chi connectivity index (χ4v) is 0.779. The predicted molar refractivity (Wildman–Crippen MR) is 35.8 cm³/mol. The van der Waals surface area contributed by atoms with Crippen LogP contribution in [0.4, 0.5) is 0 Å². The SMILES string of the molecule is CCCCCC[O][Al+].[Cl-]. The van der Waals surface area contributed by atoms with E-state index < -0.39 is 0 Å². The first-order chi connectivity index (χ1) is 3.91. The Labute approximate surface area is 72.3 Å². The molecule has 9 heavy (non-hydrogen) atoms. The summed E-state index contributed by atoms with van der Waals surface area (Å²) < 4.78 is 4.81. The van der Waals surface area contributed by atoms with Crippen molar-refractivity contribution in [3.63, 3.8) is 0 Å². The van der Waals surface area contributed by atoms with E-state index >= 15 is 0 Å². The van der Waals surface area contributed by atoms with Crippen LogP contribution in [0.1, 0.15) is 32.6 Å². The van der Waals surface area contributed by atoms with Crippen molar-refractivity contribution >= 4 is 16.6 Å². The smallest absolute Gasteiger partial charge is 1.00 e. The first kappa shape index (κ1) is 12.5. The van der Waals surface area contributed by atoms with Crippen LogP contribution in [0.3, 0.4) is 0 Å². The molecule has 0 spiro atoms. The minimum atomic E-state index is 0. The molecule has 0 heterocycles. The number of hydrogen-bond donors (Lipinski definition) is 0. The van der Waals surface area contributed by atoms with Crippen molar-refractivity contribution in [1.82, 2.24) is 0 Å². The van der Waals surface area contributed by atoms with Crippen LogP contribution in [0.5, 0.6) is 0 Å². The van der Waals surface area contributed by atoms with Crippen LogP contribution in [0.15, 0.2) is 0 Å². The van der Waals surface area contributed by atoms with Crippen molar-refractivity contribution in [2.75, 3.05) is 6.61 Å². The Bertz CT molecular complexity index is 38.0. The van der Waals surface area contributed by atoms with E-state index in [-0.39, 0.29) is 12.4 Å². The molecule has 1 nitrogen and oxygen atoms in total. The third-order valence-electron chi connectivity index (χ3n) is 1.12. The molecule has 0 fully saturated rings. The van der Waals surface area contributed by atoms with Crippen LogP contribution < -0.4 is 12.4 Å². The van der Waals surface area contributed by atoms with Gasteiger partial charge in [0, 0.05) is 0 Å². The molecule has 0 amide bonds. The van der Waals surface area contributed by atoms with E-state index in [1.54, 1.807) is 0 Å². The van der Waals surface area contributed by atoms with Gasteiger partial charge in [-0.2, -0.15) is 0 Å². The van der Waals surface area contributed by atoms with E-state index in [9.17, 15) is 0 Å². The van der Waals surface area contributed by atoms with Crippen molar-refractivity contribution < 1.29 is 16.2 Å². The van der Waals surface area contributed by atoms with Crippen molar-refractivity contribution in [1.29, 1.82) is 0 Å². The first-order valence-corrected chi connectivity index (χ1v) is 3.70. The summed E-state index contributed by atoms with van der Waals surface area (Å²) in [5.74, 6) is 0. The molecular formula is C6H13AlClO. The van der Waals surface area contributed by atoms with Gasteiger partial charge in [0.1, 0.15) is 0 Å². The van der Waals surface area contributed by atoms with Gasteiger partial charge in [-0.1, -0.05) is 0 Å². The van der Waals surface area contributed by atoms with Gasteiger partial charge in [0.15, 0.2) is 0 Å². The number of unbranched alkanes of at least 4 members (excludes halogenated alkanes) is 3. The largest absolute Gasteiger partial charge is 1.00 e. The van der Waals surface area contributed by atoms with Crippen LogP contribution in [0.25, 0.3) is 0 Å². The standard InChI is InChI=1S/C6H13O.Al.ClH/c1-2-3-4-5-6-7;;/h2-6H2,1H3;;1H/q-1;+2;/p-1. The normalized spacial score (nSPS) is 8.44. The second-order valence-electron chi connectivity index (χ2n) is 1.93. The van der Waals surface area contributed by atoms with Gasteiger partial charge >= 0.3 is 59.6 Å². The van der Waals surface area contributed by atoms with E-state index in [1.807, 2.05) is 0 Å². The van der Waals surface area contributed by atoms with Gasteiger partial charge in [-0.05, 0) is 0 Å². The van der Waals surface area contributed by atoms with Crippen LogP contribution in [-0.4, -0.2) is 23.2 Å². The van der Waals surface area contributed by atoms with E-state index in [1.165, 1.54) is 25.7 Å². The van der Waals surface area contributed by atoms with Gasteiger partial charge < -0.3 is 12.4 Å². The molecule has 0 aromatic rings. The molecule has 1 radical (unpaired) electrons. The van der Waals surface area contributed by atoms with Gasteiger partial charge in [-0.25, -0.2) is 0 Å². The molecule has 0 bridgehead atoms. The Morgan fingerprint density at radius 2 is 1.89 bits per heavy atom. The first-order valence-electron chi connectivity index (χ1n) is 3.23. The van der Waals surface area contributed by atoms with E-state index in [0.717, 1.165) is 6.61 Å². The number of rotatable bonds is 5. The minimum Gasteiger partial charge on any atom is -1.00 e. The maximum Gasteiger partial charge on any atom is -1.00 e. The van der Waals surface area contributed by atoms with Gasteiger partial charge in [-0.15, -0.1) is 0 Å². The van der Waals surface area contributed by atoms with Crippen molar-refractivity contribution in [2.24, 2.45) is 0 Å². The number of hydrogen-bond acceptors (Lipinski definition) is 1. The molecule has 0 aliphatic carbocycles. The van der Waals surface area contributed by atoms with E-state index in [4.69, 9.17) is 3.79 Å². The summed E-state index contributed by atoms with van der Waals surface area (Å²) in [7, 11) is 0. The maximum atomic E-state index is 4.81.